The number of benzene rings is 2. The van der Waals surface area contributed by atoms with E-state index in [2.05, 4.69) is 58.6 Å². The van der Waals surface area contributed by atoms with Crippen molar-refractivity contribution in [2.45, 2.75) is 50.4 Å². The molecule has 3 aromatic rings. The molecule has 0 aliphatic rings. The van der Waals surface area contributed by atoms with E-state index in [9.17, 15) is 4.79 Å². The van der Waals surface area contributed by atoms with Gasteiger partial charge >= 0.3 is 0 Å². The molecule has 1 atom stereocenters. The molecule has 0 saturated heterocycles. The van der Waals surface area contributed by atoms with Crippen molar-refractivity contribution in [1.29, 1.82) is 0 Å². The van der Waals surface area contributed by atoms with Crippen LogP contribution in [0.15, 0.2) is 64.4 Å². The lowest BCUT2D eigenvalue weighted by molar-refractivity contribution is -0.120. The van der Waals surface area contributed by atoms with Crippen LogP contribution in [0.3, 0.4) is 0 Å². The summed E-state index contributed by atoms with van der Waals surface area (Å²) >= 11 is 1.42. The topological polar surface area (TPSA) is 70.1 Å². The van der Waals surface area contributed by atoms with Crippen molar-refractivity contribution in [3.63, 3.8) is 0 Å². The largest absolute Gasteiger partial charge is 0.333 e. The summed E-state index contributed by atoms with van der Waals surface area (Å²) in [7, 11) is 0. The van der Waals surface area contributed by atoms with E-state index in [4.69, 9.17) is 0 Å². The Bertz CT molecular complexity index is 1020. The second-order valence-corrected chi connectivity index (χ2v) is 8.71. The number of thioether (sulfide) groups is 1. The van der Waals surface area contributed by atoms with E-state index < -0.39 is 0 Å². The minimum absolute atomic E-state index is 0.131. The summed E-state index contributed by atoms with van der Waals surface area (Å²) in [5.74, 6) is 0.387. The summed E-state index contributed by atoms with van der Waals surface area (Å²) in [6.07, 6.45) is 4.40. The number of rotatable bonds is 8. The number of nitrogens with one attached hydrogen (secondary N) is 2. The highest BCUT2D eigenvalue weighted by Crippen LogP contribution is 2.25. The number of para-hydroxylation sites is 2. The SMILES string of the molecule is CC[C@H](Sc1nc2ccccc2[nH]1)C(=O)NN=C/C(C)=C\c1ccc(C(C)C)cc1. The number of carbonyl (C=O) groups excluding carboxylic acids is 1. The van der Waals surface area contributed by atoms with E-state index >= 15 is 0 Å². The van der Waals surface area contributed by atoms with Crippen LogP contribution >= 0.6 is 11.8 Å². The zero-order valence-electron chi connectivity index (χ0n) is 17.8. The zero-order chi connectivity index (χ0) is 21.5. The molecule has 0 unspecified atom stereocenters. The molecule has 0 aliphatic carbocycles. The fourth-order valence-electron chi connectivity index (χ4n) is 2.99. The third kappa shape index (κ3) is 5.83. The van der Waals surface area contributed by atoms with Crippen molar-refractivity contribution < 1.29 is 4.79 Å². The first kappa shape index (κ1) is 21.8. The van der Waals surface area contributed by atoms with Gasteiger partial charge < -0.3 is 4.98 Å². The van der Waals surface area contributed by atoms with Crippen LogP contribution in [-0.2, 0) is 4.79 Å². The molecular weight excluding hydrogens is 392 g/mol. The van der Waals surface area contributed by atoms with Crippen molar-refractivity contribution in [1.82, 2.24) is 15.4 Å². The number of hydrogen-bond acceptors (Lipinski definition) is 4. The molecule has 2 N–H and O–H groups in total. The highest BCUT2D eigenvalue weighted by atomic mass is 32.2. The fourth-order valence-corrected chi connectivity index (χ4v) is 3.91. The number of nitrogens with zero attached hydrogens (tertiary/aromatic N) is 2. The summed E-state index contributed by atoms with van der Waals surface area (Å²) in [4.78, 5) is 20.3. The Labute approximate surface area is 182 Å². The summed E-state index contributed by atoms with van der Waals surface area (Å²) < 4.78 is 0. The Hall–Kier alpha value is -2.86. The Balaban J connectivity index is 1.57. The molecule has 2 aromatic carbocycles. The van der Waals surface area contributed by atoms with E-state index in [0.717, 1.165) is 27.3 Å². The van der Waals surface area contributed by atoms with Gasteiger partial charge in [0.05, 0.1) is 22.5 Å². The van der Waals surface area contributed by atoms with Crippen molar-refractivity contribution in [3.05, 3.63) is 65.2 Å². The van der Waals surface area contributed by atoms with Gasteiger partial charge in [-0.05, 0) is 48.1 Å². The fraction of sp³-hybridized carbons (Fsp3) is 0.292. The van der Waals surface area contributed by atoms with Gasteiger partial charge in [-0.2, -0.15) is 5.10 Å². The molecule has 30 heavy (non-hydrogen) atoms. The normalized spacial score (nSPS) is 13.3. The van der Waals surface area contributed by atoms with E-state index in [1.54, 1.807) is 6.21 Å². The molecule has 0 aliphatic heterocycles. The lowest BCUT2D eigenvalue weighted by Gasteiger charge is -2.10. The van der Waals surface area contributed by atoms with Crippen LogP contribution < -0.4 is 5.43 Å². The number of allylic oxidation sites excluding steroid dienone is 1. The standard InChI is InChI=1S/C24H28N4OS/c1-5-22(30-24-26-20-8-6-7-9-21(20)27-24)23(29)28-25-15-17(4)14-18-10-12-19(13-11-18)16(2)3/h6-16,22H,5H2,1-4H3,(H,26,27)(H,28,29)/b17-14-,25-15?/t22-/m0/s1. The molecule has 3 rings (SSSR count). The van der Waals surface area contributed by atoms with Crippen LogP contribution in [0.2, 0.25) is 0 Å². The van der Waals surface area contributed by atoms with Gasteiger partial charge in [0.1, 0.15) is 0 Å². The molecule has 6 heteroatoms. The van der Waals surface area contributed by atoms with Crippen LogP contribution in [-0.4, -0.2) is 27.3 Å². The maximum atomic E-state index is 12.5. The molecular formula is C24H28N4OS. The highest BCUT2D eigenvalue weighted by Gasteiger charge is 2.19. The summed E-state index contributed by atoms with van der Waals surface area (Å²) in [5, 5.41) is 4.60. The minimum Gasteiger partial charge on any atom is -0.333 e. The predicted octanol–water partition coefficient (Wildman–Crippen LogP) is 5.76. The maximum absolute atomic E-state index is 12.5. The van der Waals surface area contributed by atoms with Gasteiger partial charge in [-0.25, -0.2) is 10.4 Å². The van der Waals surface area contributed by atoms with Gasteiger partial charge in [0.25, 0.3) is 5.91 Å². The Kier molecular flexibility index (Phi) is 7.46. The number of fused-ring (bicyclic) bond motifs is 1. The Morgan fingerprint density at radius 3 is 2.60 bits per heavy atom. The summed E-state index contributed by atoms with van der Waals surface area (Å²) in [6.45, 7) is 8.31. The lowest BCUT2D eigenvalue weighted by atomic mass is 10.0. The number of aromatic amines is 1. The van der Waals surface area contributed by atoms with Crippen molar-refractivity contribution in [3.8, 4) is 0 Å². The second-order valence-electron chi connectivity index (χ2n) is 7.52. The molecule has 0 bridgehead atoms. The van der Waals surface area contributed by atoms with E-state index in [0.29, 0.717) is 12.3 Å². The first-order valence-corrected chi connectivity index (χ1v) is 11.1. The number of carbonyl (C=O) groups is 1. The van der Waals surface area contributed by atoms with E-state index in [-0.39, 0.29) is 11.2 Å². The van der Waals surface area contributed by atoms with Crippen LogP contribution in [0.1, 0.15) is 51.2 Å². The first-order valence-electron chi connectivity index (χ1n) is 10.2. The number of imidazole rings is 1. The quantitative estimate of drug-likeness (QED) is 0.276. The van der Waals surface area contributed by atoms with E-state index in [1.807, 2.05) is 44.2 Å². The zero-order valence-corrected chi connectivity index (χ0v) is 18.7. The van der Waals surface area contributed by atoms with Crippen molar-refractivity contribution in [2.75, 3.05) is 0 Å². The second kappa shape index (κ2) is 10.3. The molecule has 156 valence electrons. The van der Waals surface area contributed by atoms with Crippen LogP contribution in [0, 0.1) is 0 Å². The molecule has 5 nitrogen and oxygen atoms in total. The molecule has 0 fully saturated rings. The Morgan fingerprint density at radius 1 is 1.20 bits per heavy atom. The highest BCUT2D eigenvalue weighted by molar-refractivity contribution is 8.00. The van der Waals surface area contributed by atoms with Gasteiger partial charge in [-0.3, -0.25) is 4.79 Å². The monoisotopic (exact) mass is 420 g/mol. The minimum atomic E-state index is -0.268. The van der Waals surface area contributed by atoms with E-state index in [1.165, 1.54) is 17.3 Å². The van der Waals surface area contributed by atoms with Crippen LogP contribution in [0.4, 0.5) is 0 Å². The maximum Gasteiger partial charge on any atom is 0.253 e. The average Bonchev–Trinajstić information content (AvgIpc) is 3.14. The molecule has 1 heterocycles. The average molecular weight is 421 g/mol. The smallest absolute Gasteiger partial charge is 0.253 e. The third-order valence-electron chi connectivity index (χ3n) is 4.73. The lowest BCUT2D eigenvalue weighted by Crippen LogP contribution is -2.28. The summed E-state index contributed by atoms with van der Waals surface area (Å²) in [6, 6.07) is 16.3. The van der Waals surface area contributed by atoms with Gasteiger partial charge in [0, 0.05) is 0 Å². The number of hydrogen-bond donors (Lipinski definition) is 2. The predicted molar refractivity (Wildman–Crippen MR) is 127 cm³/mol. The molecule has 0 spiro atoms. The Morgan fingerprint density at radius 2 is 1.93 bits per heavy atom. The number of H-pyrrole nitrogens is 1. The number of amides is 1. The molecule has 1 aromatic heterocycles. The number of hydrazone groups is 1. The number of aromatic nitrogens is 2. The van der Waals surface area contributed by atoms with Crippen LogP contribution in [0.5, 0.6) is 0 Å². The van der Waals surface area contributed by atoms with Gasteiger partial charge in [-0.1, -0.05) is 75.0 Å². The molecule has 0 saturated carbocycles. The van der Waals surface area contributed by atoms with Crippen molar-refractivity contribution >= 4 is 41.0 Å². The van der Waals surface area contributed by atoms with Gasteiger partial charge in [-0.15, -0.1) is 0 Å². The molecule has 0 radical (unpaired) electrons. The molecule has 1 amide bonds. The third-order valence-corrected chi connectivity index (χ3v) is 5.97. The summed E-state index contributed by atoms with van der Waals surface area (Å²) in [5.41, 5.74) is 7.92. The van der Waals surface area contributed by atoms with Crippen LogP contribution in [0.25, 0.3) is 17.1 Å². The van der Waals surface area contributed by atoms with Crippen molar-refractivity contribution in [2.24, 2.45) is 5.10 Å². The van der Waals surface area contributed by atoms with Gasteiger partial charge in [0.2, 0.25) is 0 Å². The van der Waals surface area contributed by atoms with Gasteiger partial charge in [0.15, 0.2) is 5.16 Å². The first-order chi connectivity index (χ1) is 14.5.